The number of ether oxygens (including phenoxy) is 1. The highest BCUT2D eigenvalue weighted by Gasteiger charge is 2.20. The summed E-state index contributed by atoms with van der Waals surface area (Å²) in [6.07, 6.45) is -0.213. The molecule has 2 rings (SSSR count). The molecule has 0 aromatic heterocycles. The van der Waals surface area contributed by atoms with Crippen molar-refractivity contribution in [3.05, 3.63) is 71.8 Å². The molecule has 1 unspecified atom stereocenters. The molecule has 4 heteroatoms. The summed E-state index contributed by atoms with van der Waals surface area (Å²) in [4.78, 5) is 12.0. The smallest absolute Gasteiger partial charge is 0.307 e. The van der Waals surface area contributed by atoms with E-state index in [0.29, 0.717) is 0 Å². The summed E-state index contributed by atoms with van der Waals surface area (Å²) in [6, 6.07) is 19.3. The molecule has 2 aromatic rings. The highest BCUT2D eigenvalue weighted by atomic mass is 127. The lowest BCUT2D eigenvalue weighted by Crippen LogP contribution is -2.17. The lowest BCUT2D eigenvalue weighted by molar-refractivity contribution is -0.147. The number of halogens is 1. The SMILES string of the molecule is O=C(CC(I)CO)OC(c1ccccc1)c1ccccc1. The lowest BCUT2D eigenvalue weighted by Gasteiger charge is -2.19. The molecule has 21 heavy (non-hydrogen) atoms. The predicted octanol–water partition coefficient (Wildman–Crippen LogP) is 3.51. The molecule has 0 radical (unpaired) electrons. The first kappa shape index (κ1) is 16.0. The number of esters is 1. The molecule has 1 atom stereocenters. The van der Waals surface area contributed by atoms with Gasteiger partial charge in [0, 0.05) is 3.92 Å². The van der Waals surface area contributed by atoms with E-state index in [1.54, 1.807) is 0 Å². The first-order valence-corrected chi connectivity index (χ1v) is 7.99. The molecule has 0 spiro atoms. The molecule has 0 aliphatic carbocycles. The van der Waals surface area contributed by atoms with E-state index in [1.165, 1.54) is 0 Å². The summed E-state index contributed by atoms with van der Waals surface area (Å²) in [5.41, 5.74) is 1.87. The molecule has 110 valence electrons. The highest BCUT2D eigenvalue weighted by molar-refractivity contribution is 14.1. The van der Waals surface area contributed by atoms with Crippen LogP contribution in [0.15, 0.2) is 60.7 Å². The summed E-state index contributed by atoms with van der Waals surface area (Å²) < 4.78 is 5.52. The van der Waals surface area contributed by atoms with Crippen LogP contribution >= 0.6 is 22.6 Å². The second kappa shape index (κ2) is 8.14. The third-order valence-electron chi connectivity index (χ3n) is 3.04. The van der Waals surface area contributed by atoms with E-state index in [-0.39, 0.29) is 22.9 Å². The summed E-state index contributed by atoms with van der Waals surface area (Å²) in [5, 5.41) is 9.04. The zero-order valence-electron chi connectivity index (χ0n) is 11.5. The standard InChI is InChI=1S/C17H17IO3/c18-15(12-19)11-16(20)21-17(13-7-3-1-4-8-13)14-9-5-2-6-10-14/h1-10,15,17,19H,11-12H2. The minimum atomic E-state index is -0.415. The van der Waals surface area contributed by atoms with Gasteiger partial charge in [0.2, 0.25) is 0 Å². The van der Waals surface area contributed by atoms with Crippen molar-refractivity contribution in [2.75, 3.05) is 6.61 Å². The zero-order chi connectivity index (χ0) is 15.1. The molecule has 0 aliphatic heterocycles. The number of hydrogen-bond acceptors (Lipinski definition) is 3. The maximum atomic E-state index is 12.0. The van der Waals surface area contributed by atoms with Crippen molar-refractivity contribution >= 4 is 28.6 Å². The molecule has 0 bridgehead atoms. The van der Waals surface area contributed by atoms with Gasteiger partial charge in [0.1, 0.15) is 0 Å². The number of benzene rings is 2. The number of rotatable bonds is 6. The van der Waals surface area contributed by atoms with Gasteiger partial charge in [0.05, 0.1) is 13.0 Å². The van der Waals surface area contributed by atoms with Crippen LogP contribution in [0.2, 0.25) is 0 Å². The number of alkyl halides is 1. The van der Waals surface area contributed by atoms with E-state index in [2.05, 4.69) is 0 Å². The number of carbonyl (C=O) groups is 1. The van der Waals surface area contributed by atoms with Crippen LogP contribution in [-0.2, 0) is 9.53 Å². The van der Waals surface area contributed by atoms with Crippen LogP contribution in [0.4, 0.5) is 0 Å². The largest absolute Gasteiger partial charge is 0.453 e. The minimum Gasteiger partial charge on any atom is -0.453 e. The third kappa shape index (κ3) is 4.82. The highest BCUT2D eigenvalue weighted by Crippen LogP contribution is 2.26. The number of hydrogen-bond donors (Lipinski definition) is 1. The van der Waals surface area contributed by atoms with Crippen LogP contribution in [0.5, 0.6) is 0 Å². The molecule has 2 aromatic carbocycles. The van der Waals surface area contributed by atoms with Gasteiger partial charge in [0.25, 0.3) is 0 Å². The molecular weight excluding hydrogens is 379 g/mol. The van der Waals surface area contributed by atoms with Crippen molar-refractivity contribution in [1.82, 2.24) is 0 Å². The van der Waals surface area contributed by atoms with E-state index < -0.39 is 6.10 Å². The van der Waals surface area contributed by atoms with E-state index in [9.17, 15) is 4.79 Å². The average Bonchev–Trinajstić information content (AvgIpc) is 2.54. The molecule has 3 nitrogen and oxygen atoms in total. The fourth-order valence-corrected chi connectivity index (χ4v) is 2.37. The third-order valence-corrected chi connectivity index (χ3v) is 3.87. The fraction of sp³-hybridized carbons (Fsp3) is 0.235. The van der Waals surface area contributed by atoms with Crippen LogP contribution in [0.25, 0.3) is 0 Å². The van der Waals surface area contributed by atoms with E-state index in [4.69, 9.17) is 9.84 Å². The van der Waals surface area contributed by atoms with Crippen LogP contribution in [0.1, 0.15) is 23.7 Å². The molecule has 0 heterocycles. The average molecular weight is 396 g/mol. The Bertz CT molecular complexity index is 517. The van der Waals surface area contributed by atoms with Crippen molar-refractivity contribution in [1.29, 1.82) is 0 Å². The van der Waals surface area contributed by atoms with Gasteiger partial charge in [-0.3, -0.25) is 4.79 Å². The second-order valence-corrected chi connectivity index (χ2v) is 6.44. The Morgan fingerprint density at radius 1 is 1.00 bits per heavy atom. The topological polar surface area (TPSA) is 46.5 Å². The summed E-state index contributed by atoms with van der Waals surface area (Å²) in [7, 11) is 0. The Morgan fingerprint density at radius 3 is 1.90 bits per heavy atom. The van der Waals surface area contributed by atoms with E-state index in [0.717, 1.165) is 11.1 Å². The normalized spacial score (nSPS) is 12.1. The van der Waals surface area contributed by atoms with Crippen LogP contribution in [0, 0.1) is 0 Å². The van der Waals surface area contributed by atoms with Gasteiger partial charge in [-0.15, -0.1) is 0 Å². The molecule has 0 saturated heterocycles. The molecule has 0 aliphatic rings. The molecular formula is C17H17IO3. The fourth-order valence-electron chi connectivity index (χ4n) is 2.01. The number of aliphatic hydroxyl groups is 1. The maximum Gasteiger partial charge on any atom is 0.307 e. The number of carbonyl (C=O) groups excluding carboxylic acids is 1. The molecule has 0 saturated carbocycles. The van der Waals surface area contributed by atoms with Crippen LogP contribution in [-0.4, -0.2) is 21.6 Å². The molecule has 0 fully saturated rings. The van der Waals surface area contributed by atoms with E-state index >= 15 is 0 Å². The van der Waals surface area contributed by atoms with Crippen LogP contribution in [0.3, 0.4) is 0 Å². The van der Waals surface area contributed by atoms with Gasteiger partial charge in [-0.05, 0) is 11.1 Å². The van der Waals surface area contributed by atoms with Gasteiger partial charge in [-0.1, -0.05) is 83.3 Å². The lowest BCUT2D eigenvalue weighted by atomic mass is 10.0. The van der Waals surface area contributed by atoms with Crippen molar-refractivity contribution in [3.63, 3.8) is 0 Å². The quantitative estimate of drug-likeness (QED) is 0.462. The Kier molecular flexibility index (Phi) is 6.20. The summed E-state index contributed by atoms with van der Waals surface area (Å²) in [5.74, 6) is -0.304. The molecule has 1 N–H and O–H groups in total. The Morgan fingerprint density at radius 2 is 1.48 bits per heavy atom. The van der Waals surface area contributed by atoms with Gasteiger partial charge < -0.3 is 9.84 Å². The maximum absolute atomic E-state index is 12.0. The molecule has 0 amide bonds. The van der Waals surface area contributed by atoms with Gasteiger partial charge >= 0.3 is 5.97 Å². The van der Waals surface area contributed by atoms with Crippen LogP contribution < -0.4 is 0 Å². The monoisotopic (exact) mass is 396 g/mol. The number of aliphatic hydroxyl groups excluding tert-OH is 1. The zero-order valence-corrected chi connectivity index (χ0v) is 13.6. The van der Waals surface area contributed by atoms with Crippen molar-refractivity contribution < 1.29 is 14.6 Å². The second-order valence-electron chi connectivity index (χ2n) is 4.68. The first-order chi connectivity index (χ1) is 10.2. The van der Waals surface area contributed by atoms with Crippen molar-refractivity contribution in [3.8, 4) is 0 Å². The predicted molar refractivity (Wildman–Crippen MR) is 90.3 cm³/mol. The Balaban J connectivity index is 2.19. The Labute approximate surface area is 138 Å². The summed E-state index contributed by atoms with van der Waals surface area (Å²) in [6.45, 7) is -0.0308. The van der Waals surface area contributed by atoms with Gasteiger partial charge in [-0.25, -0.2) is 0 Å². The van der Waals surface area contributed by atoms with Gasteiger partial charge in [-0.2, -0.15) is 0 Å². The van der Waals surface area contributed by atoms with E-state index in [1.807, 2.05) is 83.3 Å². The van der Waals surface area contributed by atoms with Gasteiger partial charge in [0.15, 0.2) is 6.10 Å². The van der Waals surface area contributed by atoms with Crippen molar-refractivity contribution in [2.24, 2.45) is 0 Å². The summed E-state index contributed by atoms with van der Waals surface area (Å²) >= 11 is 2.05. The first-order valence-electron chi connectivity index (χ1n) is 6.75. The van der Waals surface area contributed by atoms with Crippen molar-refractivity contribution in [2.45, 2.75) is 16.4 Å². The Hall–Kier alpha value is -1.40. The minimum absolute atomic E-state index is 0.0308.